The van der Waals surface area contributed by atoms with E-state index in [0.717, 1.165) is 37.9 Å². The van der Waals surface area contributed by atoms with Gasteiger partial charge in [-0.1, -0.05) is 12.1 Å². The van der Waals surface area contributed by atoms with Gasteiger partial charge in [0.1, 0.15) is 5.82 Å². The number of nitrogens with one attached hydrogen (secondary N) is 1. The van der Waals surface area contributed by atoms with Crippen molar-refractivity contribution in [3.63, 3.8) is 0 Å². The minimum Gasteiger partial charge on any atom is -0.396 e. The molecule has 1 amide bonds. The van der Waals surface area contributed by atoms with Crippen molar-refractivity contribution in [3.05, 3.63) is 70.5 Å². The average molecular weight is 575 g/mol. The first-order chi connectivity index (χ1) is 18.8. The van der Waals surface area contributed by atoms with Crippen LogP contribution in [0.2, 0.25) is 0 Å². The van der Waals surface area contributed by atoms with Crippen LogP contribution in [0.4, 0.5) is 30.7 Å². The molecule has 1 saturated heterocycles. The third kappa shape index (κ3) is 7.15. The number of nitrogens with zero attached hydrogens (tertiary/aromatic N) is 1. The fourth-order valence-electron chi connectivity index (χ4n) is 6.20. The van der Waals surface area contributed by atoms with Crippen LogP contribution < -0.4 is 5.32 Å². The molecule has 2 unspecified atom stereocenters. The van der Waals surface area contributed by atoms with Crippen LogP contribution in [-0.2, 0) is 23.7 Å². The predicted molar refractivity (Wildman–Crippen MR) is 135 cm³/mol. The van der Waals surface area contributed by atoms with Crippen molar-refractivity contribution in [3.8, 4) is 0 Å². The van der Waals surface area contributed by atoms with Crippen LogP contribution in [-0.4, -0.2) is 41.7 Å². The maximum absolute atomic E-state index is 13.4. The minimum atomic E-state index is -4.97. The summed E-state index contributed by atoms with van der Waals surface area (Å²) in [7, 11) is 0. The number of piperidine rings is 1. The molecule has 2 aromatic rings. The van der Waals surface area contributed by atoms with Gasteiger partial charge in [0, 0.05) is 19.2 Å². The van der Waals surface area contributed by atoms with Gasteiger partial charge >= 0.3 is 12.4 Å². The van der Waals surface area contributed by atoms with E-state index in [0.29, 0.717) is 43.7 Å². The van der Waals surface area contributed by atoms with Gasteiger partial charge in [0.2, 0.25) is 5.91 Å². The van der Waals surface area contributed by atoms with Crippen LogP contribution >= 0.6 is 0 Å². The summed E-state index contributed by atoms with van der Waals surface area (Å²) >= 11 is 0. The summed E-state index contributed by atoms with van der Waals surface area (Å²) in [4.78, 5) is 15.7. The fraction of sp³-hybridized carbons (Fsp3) is 0.552. The van der Waals surface area contributed by atoms with Gasteiger partial charge in [0.25, 0.3) is 0 Å². The molecule has 1 heterocycles. The van der Waals surface area contributed by atoms with Crippen molar-refractivity contribution in [2.45, 2.75) is 75.8 Å². The molecule has 11 heteroatoms. The predicted octanol–water partition coefficient (Wildman–Crippen LogP) is 6.67. The Balaban J connectivity index is 1.42. The summed E-state index contributed by atoms with van der Waals surface area (Å²) < 4.78 is 92.7. The monoisotopic (exact) mass is 574 g/mol. The van der Waals surface area contributed by atoms with E-state index >= 15 is 0 Å². The molecule has 0 radical (unpaired) electrons. The molecule has 0 aromatic heterocycles. The van der Waals surface area contributed by atoms with Crippen LogP contribution in [0.1, 0.15) is 73.1 Å². The van der Waals surface area contributed by atoms with Crippen molar-refractivity contribution >= 4 is 5.91 Å². The van der Waals surface area contributed by atoms with Gasteiger partial charge in [0.15, 0.2) is 0 Å². The number of amides is 1. The standard InChI is InChI=1S/C29H33F7N2O2/c30-24-4-2-20(3-5-24)21-7-11-38(12-8-21)25-6-10-27(17-25,9-1-13-39)26(40)37-18-19-14-22(28(31,32)33)16-23(15-19)29(34,35)36/h2-5,14-16,21,25,39H,1,6-13,17-18H2,(H,37,40). The van der Waals surface area contributed by atoms with Crippen LogP contribution in [0.5, 0.6) is 0 Å². The average Bonchev–Trinajstić information content (AvgIpc) is 3.36. The Kier molecular flexibility index (Phi) is 9.14. The molecule has 40 heavy (non-hydrogen) atoms. The Hall–Kier alpha value is -2.66. The summed E-state index contributed by atoms with van der Waals surface area (Å²) in [5.74, 6) is -0.385. The number of aliphatic hydroxyl groups excluding tert-OH is 1. The van der Waals surface area contributed by atoms with Crippen molar-refractivity contribution < 1.29 is 40.6 Å². The zero-order valence-electron chi connectivity index (χ0n) is 21.9. The van der Waals surface area contributed by atoms with Crippen LogP contribution in [0.15, 0.2) is 42.5 Å². The molecule has 220 valence electrons. The molecule has 4 nitrogen and oxygen atoms in total. The SMILES string of the molecule is O=C(NCc1cc(C(F)(F)F)cc(C(F)(F)F)c1)C1(CCCO)CCC(N2CCC(c3ccc(F)cc3)CC2)C1. The molecule has 2 aromatic carbocycles. The van der Waals surface area contributed by atoms with Crippen molar-refractivity contribution in [1.29, 1.82) is 0 Å². The highest BCUT2D eigenvalue weighted by molar-refractivity contribution is 5.83. The number of rotatable bonds is 8. The lowest BCUT2D eigenvalue weighted by molar-refractivity contribution is -0.143. The molecule has 2 atom stereocenters. The second-order valence-corrected chi connectivity index (χ2v) is 11.0. The smallest absolute Gasteiger partial charge is 0.396 e. The normalized spacial score (nSPS) is 22.9. The number of carbonyl (C=O) groups is 1. The number of carbonyl (C=O) groups excluding carboxylic acids is 1. The molecular formula is C29H33F7N2O2. The second kappa shape index (κ2) is 12.1. The maximum Gasteiger partial charge on any atom is 0.416 e. The van der Waals surface area contributed by atoms with Crippen LogP contribution in [0, 0.1) is 11.2 Å². The number of aliphatic hydroxyl groups is 1. The number of halogens is 7. The van der Waals surface area contributed by atoms with Gasteiger partial charge in [-0.3, -0.25) is 4.79 Å². The van der Waals surface area contributed by atoms with E-state index < -0.39 is 41.3 Å². The van der Waals surface area contributed by atoms with E-state index in [2.05, 4.69) is 10.2 Å². The number of hydrogen-bond acceptors (Lipinski definition) is 3. The summed E-state index contributed by atoms with van der Waals surface area (Å²) in [5, 5.41) is 12.0. The second-order valence-electron chi connectivity index (χ2n) is 11.0. The molecule has 1 aliphatic carbocycles. The lowest BCUT2D eigenvalue weighted by Gasteiger charge is -2.37. The van der Waals surface area contributed by atoms with Gasteiger partial charge in [0.05, 0.1) is 16.5 Å². The maximum atomic E-state index is 13.4. The Labute approximate surface area is 228 Å². The molecule has 4 rings (SSSR count). The molecule has 2 fully saturated rings. The molecule has 0 spiro atoms. The Bertz CT molecular complexity index is 1130. The fourth-order valence-corrected chi connectivity index (χ4v) is 6.20. The number of benzene rings is 2. The van der Waals surface area contributed by atoms with Gasteiger partial charge in [-0.05, 0) is 105 Å². The number of hydrogen-bond donors (Lipinski definition) is 2. The number of likely N-dealkylation sites (tertiary alicyclic amines) is 1. The lowest BCUT2D eigenvalue weighted by Crippen LogP contribution is -2.43. The molecule has 1 aliphatic heterocycles. The highest BCUT2D eigenvalue weighted by Gasteiger charge is 2.46. The first-order valence-electron chi connectivity index (χ1n) is 13.5. The summed E-state index contributed by atoms with van der Waals surface area (Å²) in [5.41, 5.74) is -2.91. The van der Waals surface area contributed by atoms with Gasteiger partial charge in [-0.25, -0.2) is 4.39 Å². The van der Waals surface area contributed by atoms with E-state index in [1.807, 2.05) is 0 Å². The third-order valence-corrected chi connectivity index (χ3v) is 8.37. The molecular weight excluding hydrogens is 541 g/mol. The highest BCUT2D eigenvalue weighted by Crippen LogP contribution is 2.45. The number of alkyl halides is 6. The topological polar surface area (TPSA) is 52.6 Å². The first-order valence-corrected chi connectivity index (χ1v) is 13.5. The van der Waals surface area contributed by atoms with Gasteiger partial charge < -0.3 is 15.3 Å². The molecule has 1 saturated carbocycles. The van der Waals surface area contributed by atoms with Crippen LogP contribution in [0.3, 0.4) is 0 Å². The van der Waals surface area contributed by atoms with Gasteiger partial charge in [-0.15, -0.1) is 0 Å². The Morgan fingerprint density at radius 2 is 1.55 bits per heavy atom. The summed E-state index contributed by atoms with van der Waals surface area (Å²) in [6.07, 6.45) is -5.71. The highest BCUT2D eigenvalue weighted by atomic mass is 19.4. The van der Waals surface area contributed by atoms with E-state index in [1.54, 1.807) is 12.1 Å². The van der Waals surface area contributed by atoms with E-state index in [1.165, 1.54) is 12.1 Å². The van der Waals surface area contributed by atoms with E-state index in [-0.39, 0.29) is 30.1 Å². The molecule has 2 aliphatic rings. The Morgan fingerprint density at radius 3 is 2.10 bits per heavy atom. The zero-order chi connectivity index (χ0) is 29.1. The quantitative estimate of drug-likeness (QED) is 0.347. The third-order valence-electron chi connectivity index (χ3n) is 8.37. The molecule has 0 bridgehead atoms. The van der Waals surface area contributed by atoms with Crippen molar-refractivity contribution in [2.24, 2.45) is 5.41 Å². The van der Waals surface area contributed by atoms with Gasteiger partial charge in [-0.2, -0.15) is 26.3 Å². The van der Waals surface area contributed by atoms with Crippen LogP contribution in [0.25, 0.3) is 0 Å². The zero-order valence-corrected chi connectivity index (χ0v) is 21.9. The first kappa shape index (κ1) is 30.3. The molecule has 2 N–H and O–H groups in total. The van der Waals surface area contributed by atoms with E-state index in [4.69, 9.17) is 0 Å². The summed E-state index contributed by atoms with van der Waals surface area (Å²) in [6, 6.07) is 7.93. The lowest BCUT2D eigenvalue weighted by atomic mass is 9.80. The Morgan fingerprint density at radius 1 is 0.950 bits per heavy atom. The minimum absolute atomic E-state index is 0.0644. The van der Waals surface area contributed by atoms with Crippen molar-refractivity contribution in [2.75, 3.05) is 19.7 Å². The van der Waals surface area contributed by atoms with E-state index in [9.17, 15) is 40.6 Å². The summed E-state index contributed by atoms with van der Waals surface area (Å²) in [6.45, 7) is 0.996. The van der Waals surface area contributed by atoms with Crippen molar-refractivity contribution in [1.82, 2.24) is 10.2 Å². The largest absolute Gasteiger partial charge is 0.416 e.